The Bertz CT molecular complexity index is 936. The van der Waals surface area contributed by atoms with Gasteiger partial charge in [0.15, 0.2) is 0 Å². The summed E-state index contributed by atoms with van der Waals surface area (Å²) in [6.07, 6.45) is 2.02. The zero-order chi connectivity index (χ0) is 22.4. The predicted molar refractivity (Wildman–Crippen MR) is 121 cm³/mol. The van der Waals surface area contributed by atoms with E-state index in [0.29, 0.717) is 31.0 Å². The standard InChI is InChI=1S/C25H30N2O4/c1-4-5-17-31-20-13-11-19(12-14-20)23(28)21-22(18-9-7-6-8-10-18)27(16-15-26(2)3)25(30)24(21)29/h6-14,22,28H,4-5,15-17H2,1-3H3/b23-21+. The van der Waals surface area contributed by atoms with Gasteiger partial charge < -0.3 is 19.6 Å². The Morgan fingerprint density at radius 3 is 2.35 bits per heavy atom. The lowest BCUT2D eigenvalue weighted by Crippen LogP contribution is -2.35. The van der Waals surface area contributed by atoms with E-state index in [1.807, 2.05) is 49.3 Å². The summed E-state index contributed by atoms with van der Waals surface area (Å²) in [5.74, 6) is -0.708. The predicted octanol–water partition coefficient (Wildman–Crippen LogP) is 3.85. The van der Waals surface area contributed by atoms with Gasteiger partial charge in [-0.2, -0.15) is 0 Å². The molecule has 2 aromatic rings. The molecule has 1 unspecified atom stereocenters. The van der Waals surface area contributed by atoms with Crippen molar-refractivity contribution in [3.8, 4) is 5.75 Å². The van der Waals surface area contributed by atoms with Crippen LogP contribution >= 0.6 is 0 Å². The monoisotopic (exact) mass is 422 g/mol. The highest BCUT2D eigenvalue weighted by Gasteiger charge is 2.45. The fraction of sp³-hybridized carbons (Fsp3) is 0.360. The highest BCUT2D eigenvalue weighted by molar-refractivity contribution is 6.46. The normalized spacial score (nSPS) is 18.1. The third kappa shape index (κ3) is 5.14. The molecule has 1 aliphatic rings. The van der Waals surface area contributed by atoms with Crippen molar-refractivity contribution in [3.63, 3.8) is 0 Å². The van der Waals surface area contributed by atoms with E-state index in [1.54, 1.807) is 29.2 Å². The van der Waals surface area contributed by atoms with Gasteiger partial charge in [0.1, 0.15) is 11.5 Å². The maximum Gasteiger partial charge on any atom is 0.295 e. The van der Waals surface area contributed by atoms with E-state index in [0.717, 1.165) is 18.4 Å². The number of Topliss-reactive ketones (excluding diaryl/α,β-unsaturated/α-hetero) is 1. The van der Waals surface area contributed by atoms with Gasteiger partial charge in [-0.15, -0.1) is 0 Å². The van der Waals surface area contributed by atoms with Gasteiger partial charge in [0.05, 0.1) is 18.2 Å². The smallest absolute Gasteiger partial charge is 0.295 e. The molecule has 2 aromatic carbocycles. The van der Waals surface area contributed by atoms with E-state index in [9.17, 15) is 14.7 Å². The number of likely N-dealkylation sites (N-methyl/N-ethyl adjacent to an activating group) is 1. The Hall–Kier alpha value is -3.12. The molecular weight excluding hydrogens is 392 g/mol. The van der Waals surface area contributed by atoms with Crippen molar-refractivity contribution in [1.82, 2.24) is 9.80 Å². The van der Waals surface area contributed by atoms with Crippen LogP contribution in [0.1, 0.15) is 36.9 Å². The number of carbonyl (C=O) groups excluding carboxylic acids is 2. The van der Waals surface area contributed by atoms with Crippen LogP contribution < -0.4 is 4.74 Å². The first-order valence-electron chi connectivity index (χ1n) is 10.6. The number of hydrogen-bond donors (Lipinski definition) is 1. The van der Waals surface area contributed by atoms with Crippen LogP contribution in [0, 0.1) is 0 Å². The molecule has 0 radical (unpaired) electrons. The average Bonchev–Trinajstić information content (AvgIpc) is 3.03. The zero-order valence-corrected chi connectivity index (χ0v) is 18.4. The molecule has 3 rings (SSSR count). The van der Waals surface area contributed by atoms with E-state index in [1.165, 1.54) is 0 Å². The number of rotatable bonds is 9. The largest absolute Gasteiger partial charge is 0.507 e. The first-order valence-corrected chi connectivity index (χ1v) is 10.6. The summed E-state index contributed by atoms with van der Waals surface area (Å²) in [6.45, 7) is 3.73. The number of benzene rings is 2. The lowest BCUT2D eigenvalue weighted by atomic mass is 9.95. The molecular formula is C25H30N2O4. The lowest BCUT2D eigenvalue weighted by molar-refractivity contribution is -0.140. The van der Waals surface area contributed by atoms with Crippen molar-refractivity contribution in [2.45, 2.75) is 25.8 Å². The number of nitrogens with zero attached hydrogens (tertiary/aromatic N) is 2. The number of ketones is 1. The SMILES string of the molecule is CCCCOc1ccc(/C(O)=C2\C(=O)C(=O)N(CCN(C)C)C2c2ccccc2)cc1. The van der Waals surface area contributed by atoms with E-state index < -0.39 is 17.7 Å². The number of hydrogen-bond acceptors (Lipinski definition) is 5. The third-order valence-corrected chi connectivity index (χ3v) is 5.34. The fourth-order valence-corrected chi connectivity index (χ4v) is 3.60. The van der Waals surface area contributed by atoms with Gasteiger partial charge in [0, 0.05) is 18.7 Å². The zero-order valence-electron chi connectivity index (χ0n) is 18.4. The van der Waals surface area contributed by atoms with Gasteiger partial charge in [-0.3, -0.25) is 9.59 Å². The Labute approximate surface area is 183 Å². The number of unbranched alkanes of at least 4 members (excludes halogenated alkanes) is 1. The third-order valence-electron chi connectivity index (χ3n) is 5.34. The molecule has 1 aliphatic heterocycles. The Kier molecular flexibility index (Phi) is 7.47. The summed E-state index contributed by atoms with van der Waals surface area (Å²) in [5, 5.41) is 11.1. The second-order valence-corrected chi connectivity index (χ2v) is 7.93. The number of likely N-dealkylation sites (tertiary alicyclic amines) is 1. The van der Waals surface area contributed by atoms with E-state index in [4.69, 9.17) is 4.74 Å². The highest BCUT2D eigenvalue weighted by atomic mass is 16.5. The fourth-order valence-electron chi connectivity index (χ4n) is 3.60. The summed E-state index contributed by atoms with van der Waals surface area (Å²) >= 11 is 0. The minimum absolute atomic E-state index is 0.120. The highest BCUT2D eigenvalue weighted by Crippen LogP contribution is 2.39. The van der Waals surface area contributed by atoms with Gasteiger partial charge in [-0.1, -0.05) is 43.7 Å². The second-order valence-electron chi connectivity index (χ2n) is 7.93. The van der Waals surface area contributed by atoms with Crippen molar-refractivity contribution >= 4 is 17.4 Å². The molecule has 0 aromatic heterocycles. The Morgan fingerprint density at radius 2 is 1.74 bits per heavy atom. The minimum atomic E-state index is -0.659. The summed E-state index contributed by atoms with van der Waals surface area (Å²) in [6, 6.07) is 15.7. The van der Waals surface area contributed by atoms with Gasteiger partial charge in [0.25, 0.3) is 11.7 Å². The van der Waals surface area contributed by atoms with Crippen molar-refractivity contribution in [2.24, 2.45) is 0 Å². The maximum atomic E-state index is 13.0. The van der Waals surface area contributed by atoms with Crippen LogP contribution in [0.5, 0.6) is 5.75 Å². The molecule has 1 N–H and O–H groups in total. The summed E-state index contributed by atoms with van der Waals surface area (Å²) in [5.41, 5.74) is 1.39. The molecule has 6 heteroatoms. The van der Waals surface area contributed by atoms with Gasteiger partial charge in [-0.25, -0.2) is 0 Å². The minimum Gasteiger partial charge on any atom is -0.507 e. The summed E-state index contributed by atoms with van der Waals surface area (Å²) in [7, 11) is 3.83. The van der Waals surface area contributed by atoms with Crippen LogP contribution in [0.25, 0.3) is 5.76 Å². The van der Waals surface area contributed by atoms with Crippen molar-refractivity contribution < 1.29 is 19.4 Å². The number of carbonyl (C=O) groups is 2. The average molecular weight is 423 g/mol. The van der Waals surface area contributed by atoms with Crippen LogP contribution in [0.3, 0.4) is 0 Å². The first kappa shape index (κ1) is 22.6. The molecule has 0 aliphatic carbocycles. The van der Waals surface area contributed by atoms with Crippen LogP contribution in [-0.2, 0) is 9.59 Å². The Morgan fingerprint density at radius 1 is 1.06 bits per heavy atom. The topological polar surface area (TPSA) is 70.1 Å². The van der Waals surface area contributed by atoms with Crippen molar-refractivity contribution in [2.75, 3.05) is 33.8 Å². The van der Waals surface area contributed by atoms with Crippen LogP contribution in [-0.4, -0.2) is 60.4 Å². The quantitative estimate of drug-likeness (QED) is 0.288. The second kappa shape index (κ2) is 10.3. The molecule has 31 heavy (non-hydrogen) atoms. The maximum absolute atomic E-state index is 13.0. The lowest BCUT2D eigenvalue weighted by Gasteiger charge is -2.26. The summed E-state index contributed by atoms with van der Waals surface area (Å²) < 4.78 is 5.68. The molecule has 0 spiro atoms. The molecule has 1 amide bonds. The number of aliphatic hydroxyl groups is 1. The number of ether oxygens (including phenoxy) is 1. The van der Waals surface area contributed by atoms with Gasteiger partial charge in [-0.05, 0) is 50.3 Å². The molecule has 164 valence electrons. The van der Waals surface area contributed by atoms with E-state index >= 15 is 0 Å². The molecule has 0 bridgehead atoms. The van der Waals surface area contributed by atoms with E-state index in [-0.39, 0.29) is 11.3 Å². The van der Waals surface area contributed by atoms with Crippen LogP contribution in [0.2, 0.25) is 0 Å². The molecule has 1 heterocycles. The Balaban J connectivity index is 1.98. The molecule has 1 saturated heterocycles. The molecule has 6 nitrogen and oxygen atoms in total. The number of amides is 1. The van der Waals surface area contributed by atoms with Gasteiger partial charge in [0.2, 0.25) is 0 Å². The van der Waals surface area contributed by atoms with Crippen molar-refractivity contribution in [3.05, 3.63) is 71.3 Å². The number of aliphatic hydroxyl groups excluding tert-OH is 1. The van der Waals surface area contributed by atoms with Crippen LogP contribution in [0.15, 0.2) is 60.2 Å². The molecule has 1 fully saturated rings. The van der Waals surface area contributed by atoms with E-state index in [2.05, 4.69) is 6.92 Å². The van der Waals surface area contributed by atoms with Crippen LogP contribution in [0.4, 0.5) is 0 Å². The summed E-state index contributed by atoms with van der Waals surface area (Å²) in [4.78, 5) is 29.3. The van der Waals surface area contributed by atoms with Crippen molar-refractivity contribution in [1.29, 1.82) is 0 Å². The first-order chi connectivity index (χ1) is 14.9. The molecule has 1 atom stereocenters. The van der Waals surface area contributed by atoms with Gasteiger partial charge >= 0.3 is 0 Å². The molecule has 0 saturated carbocycles.